The summed E-state index contributed by atoms with van der Waals surface area (Å²) < 4.78 is 13.5. The second-order valence-electron chi connectivity index (χ2n) is 5.68. The molecule has 130 valence electrons. The Morgan fingerprint density at radius 2 is 2.04 bits per heavy atom. The van der Waals surface area contributed by atoms with Crippen molar-refractivity contribution in [3.63, 3.8) is 0 Å². The van der Waals surface area contributed by atoms with Crippen LogP contribution in [0, 0.1) is 5.82 Å². The van der Waals surface area contributed by atoms with Gasteiger partial charge in [0.1, 0.15) is 5.82 Å². The van der Waals surface area contributed by atoms with Crippen molar-refractivity contribution in [2.24, 2.45) is 4.99 Å². The van der Waals surface area contributed by atoms with Crippen LogP contribution in [0.25, 0.3) is 17.0 Å². The quantitative estimate of drug-likeness (QED) is 0.653. The van der Waals surface area contributed by atoms with E-state index in [1.165, 1.54) is 11.6 Å². The normalized spacial score (nSPS) is 15.4. The van der Waals surface area contributed by atoms with Crippen molar-refractivity contribution >= 4 is 47.5 Å². The third kappa shape index (κ3) is 3.91. The third-order valence-corrected chi connectivity index (χ3v) is 4.12. The number of halogens is 3. The minimum atomic E-state index is -0.221. The number of nitrogens with zero attached hydrogens (tertiary/aromatic N) is 2. The largest absolute Gasteiger partial charge is 0.361 e. The molecule has 0 fully saturated rings. The number of H-pyrrole nitrogens is 1. The van der Waals surface area contributed by atoms with Crippen molar-refractivity contribution in [3.8, 4) is 0 Å². The molecule has 6 heteroatoms. The van der Waals surface area contributed by atoms with Crippen molar-refractivity contribution in [1.82, 2.24) is 9.97 Å². The molecule has 3 nitrogen and oxygen atoms in total. The summed E-state index contributed by atoms with van der Waals surface area (Å²) in [5.41, 5.74) is 5.14. The van der Waals surface area contributed by atoms with Crippen molar-refractivity contribution < 1.29 is 4.39 Å². The number of aromatic nitrogens is 2. The highest BCUT2D eigenvalue weighted by atomic mass is 35.5. The molecule has 1 aromatic carbocycles. The summed E-state index contributed by atoms with van der Waals surface area (Å²) in [4.78, 5) is 12.1. The molecule has 0 radical (unpaired) electrons. The van der Waals surface area contributed by atoms with Crippen molar-refractivity contribution in [2.75, 3.05) is 6.54 Å². The molecule has 25 heavy (non-hydrogen) atoms. The van der Waals surface area contributed by atoms with Gasteiger partial charge in [0.05, 0.1) is 5.71 Å². The van der Waals surface area contributed by atoms with Gasteiger partial charge < -0.3 is 4.98 Å². The predicted molar refractivity (Wildman–Crippen MR) is 106 cm³/mol. The summed E-state index contributed by atoms with van der Waals surface area (Å²) in [6, 6.07) is 8.76. The van der Waals surface area contributed by atoms with Gasteiger partial charge in [-0.2, -0.15) is 0 Å². The average molecular weight is 378 g/mol. The van der Waals surface area contributed by atoms with E-state index in [0.29, 0.717) is 0 Å². The van der Waals surface area contributed by atoms with Crippen LogP contribution in [-0.2, 0) is 0 Å². The fourth-order valence-electron chi connectivity index (χ4n) is 3.02. The zero-order chi connectivity index (χ0) is 15.6. The first kappa shape index (κ1) is 19.2. The minimum Gasteiger partial charge on any atom is -0.361 e. The Kier molecular flexibility index (Phi) is 6.34. The number of benzene rings is 1. The summed E-state index contributed by atoms with van der Waals surface area (Å²) in [5, 5.41) is 0.897. The van der Waals surface area contributed by atoms with Crippen LogP contribution in [0.5, 0.6) is 0 Å². The average Bonchev–Trinajstić information content (AvgIpc) is 2.98. The van der Waals surface area contributed by atoms with Crippen LogP contribution < -0.4 is 0 Å². The number of allylic oxidation sites excluding steroid dienone is 1. The molecule has 0 spiro atoms. The lowest BCUT2D eigenvalue weighted by atomic mass is 9.95. The van der Waals surface area contributed by atoms with Gasteiger partial charge in [0, 0.05) is 47.2 Å². The highest BCUT2D eigenvalue weighted by molar-refractivity contribution is 6.15. The smallest absolute Gasteiger partial charge is 0.123 e. The topological polar surface area (TPSA) is 41.0 Å². The lowest BCUT2D eigenvalue weighted by molar-refractivity contribution is 0.629. The van der Waals surface area contributed by atoms with Crippen LogP contribution >= 0.6 is 24.8 Å². The van der Waals surface area contributed by atoms with Gasteiger partial charge in [-0.05, 0) is 54.8 Å². The van der Waals surface area contributed by atoms with E-state index in [1.807, 2.05) is 24.5 Å². The molecule has 1 aliphatic rings. The van der Waals surface area contributed by atoms with E-state index < -0.39 is 0 Å². The standard InChI is InChI=1S/C19H16FN3.2ClH/c20-16-5-6-18-17(10-16)15(12-23-18)9-13-3-2-8-22-19(13)14-4-1-7-21-11-14;;/h1,4-7,9-12,23H,2-3,8H2;2*1H. The Bertz CT molecular complexity index is 917. The number of fused-ring (bicyclic) bond motifs is 1. The number of pyridine rings is 1. The molecule has 0 saturated heterocycles. The van der Waals surface area contributed by atoms with E-state index in [4.69, 9.17) is 0 Å². The highest BCUT2D eigenvalue weighted by Gasteiger charge is 2.15. The summed E-state index contributed by atoms with van der Waals surface area (Å²) in [5.74, 6) is -0.221. The number of hydrogen-bond donors (Lipinski definition) is 1. The van der Waals surface area contributed by atoms with Crippen LogP contribution in [-0.4, -0.2) is 22.2 Å². The molecule has 0 unspecified atom stereocenters. The first-order valence-corrected chi connectivity index (χ1v) is 7.74. The van der Waals surface area contributed by atoms with Crippen molar-refractivity contribution in [1.29, 1.82) is 0 Å². The van der Waals surface area contributed by atoms with Gasteiger partial charge >= 0.3 is 0 Å². The number of nitrogens with one attached hydrogen (secondary N) is 1. The molecule has 1 N–H and O–H groups in total. The van der Waals surface area contributed by atoms with Gasteiger partial charge in [0.15, 0.2) is 0 Å². The van der Waals surface area contributed by atoms with Crippen LogP contribution in [0.15, 0.2) is 59.5 Å². The summed E-state index contributed by atoms with van der Waals surface area (Å²) in [6.45, 7) is 0.837. The van der Waals surface area contributed by atoms with Crippen molar-refractivity contribution in [2.45, 2.75) is 12.8 Å². The Hall–Kier alpha value is -2.17. The number of hydrogen-bond acceptors (Lipinski definition) is 2. The maximum absolute atomic E-state index is 13.5. The molecular formula is C19H18Cl2FN3. The van der Waals surface area contributed by atoms with E-state index in [0.717, 1.165) is 47.1 Å². The van der Waals surface area contributed by atoms with Gasteiger partial charge in [0.2, 0.25) is 0 Å². The predicted octanol–water partition coefficient (Wildman–Crippen LogP) is 5.21. The maximum Gasteiger partial charge on any atom is 0.123 e. The van der Waals surface area contributed by atoms with Crippen LogP contribution in [0.1, 0.15) is 24.0 Å². The zero-order valence-corrected chi connectivity index (χ0v) is 15.0. The maximum atomic E-state index is 13.5. The van der Waals surface area contributed by atoms with Crippen molar-refractivity contribution in [3.05, 3.63) is 71.4 Å². The van der Waals surface area contributed by atoms with Crippen LogP contribution in [0.3, 0.4) is 0 Å². The minimum absolute atomic E-state index is 0. The Morgan fingerprint density at radius 3 is 2.84 bits per heavy atom. The summed E-state index contributed by atoms with van der Waals surface area (Å²) >= 11 is 0. The van der Waals surface area contributed by atoms with E-state index in [1.54, 1.807) is 18.3 Å². The summed E-state index contributed by atoms with van der Waals surface area (Å²) in [7, 11) is 0. The third-order valence-electron chi connectivity index (χ3n) is 4.12. The van der Waals surface area contributed by atoms with Gasteiger partial charge in [-0.1, -0.05) is 0 Å². The van der Waals surface area contributed by atoms with E-state index in [9.17, 15) is 4.39 Å². The van der Waals surface area contributed by atoms with Crippen LogP contribution in [0.4, 0.5) is 4.39 Å². The molecule has 4 rings (SSSR count). The van der Waals surface area contributed by atoms with Gasteiger partial charge in [0.25, 0.3) is 0 Å². The molecule has 0 bridgehead atoms. The number of aliphatic imine (C=N–C) groups is 1. The molecule has 0 amide bonds. The molecule has 3 aromatic rings. The van der Waals surface area contributed by atoms with E-state index in [2.05, 4.69) is 21.0 Å². The Balaban J connectivity index is 0.00000113. The molecule has 0 saturated carbocycles. The SMILES string of the molecule is Cl.Cl.Fc1ccc2[nH]cc(C=C3CCCN=C3c3cccnc3)c2c1. The molecular weight excluding hydrogens is 360 g/mol. The molecule has 2 aromatic heterocycles. The highest BCUT2D eigenvalue weighted by Crippen LogP contribution is 2.26. The fraction of sp³-hybridized carbons (Fsp3) is 0.158. The second kappa shape index (κ2) is 8.28. The number of aromatic amines is 1. The summed E-state index contributed by atoms with van der Waals surface area (Å²) in [6.07, 6.45) is 9.64. The van der Waals surface area contributed by atoms with Crippen LogP contribution in [0.2, 0.25) is 0 Å². The Morgan fingerprint density at radius 1 is 1.16 bits per heavy atom. The molecule has 3 heterocycles. The van der Waals surface area contributed by atoms with Gasteiger partial charge in [-0.15, -0.1) is 24.8 Å². The first-order chi connectivity index (χ1) is 11.3. The lowest BCUT2D eigenvalue weighted by Gasteiger charge is -2.16. The molecule has 1 aliphatic heterocycles. The van der Waals surface area contributed by atoms with Gasteiger partial charge in [-0.3, -0.25) is 9.98 Å². The van der Waals surface area contributed by atoms with E-state index >= 15 is 0 Å². The molecule has 0 aliphatic carbocycles. The second-order valence-corrected chi connectivity index (χ2v) is 5.68. The zero-order valence-electron chi connectivity index (χ0n) is 13.4. The van der Waals surface area contributed by atoms with E-state index in [-0.39, 0.29) is 30.6 Å². The lowest BCUT2D eigenvalue weighted by Crippen LogP contribution is -2.11. The molecule has 0 atom stereocenters. The van der Waals surface area contributed by atoms with Gasteiger partial charge in [-0.25, -0.2) is 4.39 Å². The first-order valence-electron chi connectivity index (χ1n) is 7.74. The number of rotatable bonds is 2. The monoisotopic (exact) mass is 377 g/mol. The Labute approximate surface area is 157 Å². The fourth-order valence-corrected chi connectivity index (χ4v) is 3.02.